The molecule has 0 spiro atoms. The maximum atomic E-state index is 5.55. The number of aryl methyl sites for hydroxylation is 1. The van der Waals surface area contributed by atoms with Crippen LogP contribution in [0.3, 0.4) is 0 Å². The number of nitrogens with two attached hydrogens (primary N) is 1. The van der Waals surface area contributed by atoms with Crippen LogP contribution in [0.4, 0.5) is 5.95 Å². The molecule has 16 heavy (non-hydrogen) atoms. The lowest BCUT2D eigenvalue weighted by atomic mass is 10.0. The third-order valence-corrected chi connectivity index (χ3v) is 2.46. The number of nitrogens with zero attached hydrogens (tertiary/aromatic N) is 2. The zero-order valence-corrected chi connectivity index (χ0v) is 10.5. The molecule has 0 fully saturated rings. The zero-order valence-electron chi connectivity index (χ0n) is 10.5. The molecular formula is C12H22N4. The zero-order chi connectivity index (χ0) is 12.0. The second-order valence-corrected chi connectivity index (χ2v) is 4.71. The molecule has 0 amide bonds. The molecule has 0 bridgehead atoms. The smallest absolute Gasteiger partial charge is 0.223 e. The van der Waals surface area contributed by atoms with Crippen molar-refractivity contribution in [2.24, 2.45) is 5.73 Å². The molecule has 3 N–H and O–H groups in total. The Labute approximate surface area is 97.7 Å². The first kappa shape index (κ1) is 12.9. The number of hydrogen-bond donors (Lipinski definition) is 2. The molecular weight excluding hydrogens is 200 g/mol. The molecule has 0 aliphatic carbocycles. The predicted molar refractivity (Wildman–Crippen MR) is 67.4 cm³/mol. The summed E-state index contributed by atoms with van der Waals surface area (Å²) in [6.45, 7) is 7.01. The van der Waals surface area contributed by atoms with Gasteiger partial charge in [0.1, 0.15) is 0 Å². The molecule has 0 aliphatic heterocycles. The standard InChI is InChI=1S/C12H22N4/c1-4-5-10-8-14-11(15-9-10)16-12(2,3)6-7-13/h8-9H,4-7,13H2,1-3H3,(H,14,15,16). The van der Waals surface area contributed by atoms with E-state index in [0.29, 0.717) is 12.5 Å². The highest BCUT2D eigenvalue weighted by molar-refractivity contribution is 5.28. The lowest BCUT2D eigenvalue weighted by molar-refractivity contribution is 0.522. The van der Waals surface area contributed by atoms with Gasteiger partial charge in [0.15, 0.2) is 0 Å². The van der Waals surface area contributed by atoms with Crippen LogP contribution in [0.2, 0.25) is 0 Å². The van der Waals surface area contributed by atoms with Crippen molar-refractivity contribution in [3.63, 3.8) is 0 Å². The maximum absolute atomic E-state index is 5.55. The molecule has 0 aliphatic rings. The average Bonchev–Trinajstić information content (AvgIpc) is 2.21. The molecule has 4 heteroatoms. The molecule has 1 aromatic heterocycles. The van der Waals surface area contributed by atoms with Gasteiger partial charge < -0.3 is 11.1 Å². The summed E-state index contributed by atoms with van der Waals surface area (Å²) in [6.07, 6.45) is 6.82. The molecule has 1 heterocycles. The van der Waals surface area contributed by atoms with Crippen LogP contribution in [0, 0.1) is 0 Å². The predicted octanol–water partition coefficient (Wildman–Crippen LogP) is 1.97. The summed E-state index contributed by atoms with van der Waals surface area (Å²) in [5, 5.41) is 3.29. The monoisotopic (exact) mass is 222 g/mol. The van der Waals surface area contributed by atoms with E-state index in [0.717, 1.165) is 19.3 Å². The van der Waals surface area contributed by atoms with E-state index in [1.54, 1.807) is 0 Å². The summed E-state index contributed by atoms with van der Waals surface area (Å²) >= 11 is 0. The van der Waals surface area contributed by atoms with E-state index >= 15 is 0 Å². The van der Waals surface area contributed by atoms with E-state index in [4.69, 9.17) is 5.73 Å². The third-order valence-electron chi connectivity index (χ3n) is 2.46. The second-order valence-electron chi connectivity index (χ2n) is 4.71. The summed E-state index contributed by atoms with van der Waals surface area (Å²) in [4.78, 5) is 8.60. The molecule has 1 aromatic rings. The first-order valence-electron chi connectivity index (χ1n) is 5.86. The average molecular weight is 222 g/mol. The van der Waals surface area contributed by atoms with Crippen molar-refractivity contribution in [1.29, 1.82) is 0 Å². The van der Waals surface area contributed by atoms with Gasteiger partial charge in [0.25, 0.3) is 0 Å². The Morgan fingerprint density at radius 2 is 1.94 bits per heavy atom. The second kappa shape index (κ2) is 5.80. The van der Waals surface area contributed by atoms with Gasteiger partial charge in [-0.2, -0.15) is 0 Å². The van der Waals surface area contributed by atoms with E-state index in [-0.39, 0.29) is 5.54 Å². The molecule has 1 rings (SSSR count). The highest BCUT2D eigenvalue weighted by atomic mass is 15.1. The van der Waals surface area contributed by atoms with Crippen LogP contribution in [-0.2, 0) is 6.42 Å². The number of rotatable bonds is 6. The van der Waals surface area contributed by atoms with Crippen LogP contribution in [0.1, 0.15) is 39.2 Å². The Morgan fingerprint density at radius 1 is 1.31 bits per heavy atom. The van der Waals surface area contributed by atoms with E-state index in [1.807, 2.05) is 12.4 Å². The molecule has 0 aromatic carbocycles. The largest absolute Gasteiger partial charge is 0.349 e. The van der Waals surface area contributed by atoms with E-state index < -0.39 is 0 Å². The lowest BCUT2D eigenvalue weighted by Crippen LogP contribution is -2.34. The van der Waals surface area contributed by atoms with Gasteiger partial charge in [-0.25, -0.2) is 9.97 Å². The Hall–Kier alpha value is -1.16. The van der Waals surface area contributed by atoms with Gasteiger partial charge in [0.05, 0.1) is 0 Å². The van der Waals surface area contributed by atoms with E-state index in [2.05, 4.69) is 36.1 Å². The fourth-order valence-electron chi connectivity index (χ4n) is 1.56. The Balaban J connectivity index is 2.61. The minimum absolute atomic E-state index is 0.0545. The fraction of sp³-hybridized carbons (Fsp3) is 0.667. The molecule has 90 valence electrons. The minimum Gasteiger partial charge on any atom is -0.349 e. The van der Waals surface area contributed by atoms with Crippen LogP contribution in [0.15, 0.2) is 12.4 Å². The van der Waals surface area contributed by atoms with Crippen molar-refractivity contribution < 1.29 is 0 Å². The van der Waals surface area contributed by atoms with Gasteiger partial charge in [-0.15, -0.1) is 0 Å². The van der Waals surface area contributed by atoms with Crippen LogP contribution in [-0.4, -0.2) is 22.1 Å². The van der Waals surface area contributed by atoms with Crippen LogP contribution in [0.5, 0.6) is 0 Å². The first-order valence-corrected chi connectivity index (χ1v) is 5.86. The summed E-state index contributed by atoms with van der Waals surface area (Å²) < 4.78 is 0. The molecule has 0 saturated heterocycles. The quantitative estimate of drug-likeness (QED) is 0.772. The fourth-order valence-corrected chi connectivity index (χ4v) is 1.56. The molecule has 4 nitrogen and oxygen atoms in total. The van der Waals surface area contributed by atoms with Gasteiger partial charge in [-0.1, -0.05) is 13.3 Å². The van der Waals surface area contributed by atoms with Gasteiger partial charge in [-0.3, -0.25) is 0 Å². The van der Waals surface area contributed by atoms with E-state index in [1.165, 1.54) is 5.56 Å². The third kappa shape index (κ3) is 4.14. The Bertz CT molecular complexity index is 305. The topological polar surface area (TPSA) is 63.8 Å². The van der Waals surface area contributed by atoms with Crippen LogP contribution in [0.25, 0.3) is 0 Å². The van der Waals surface area contributed by atoms with Gasteiger partial charge in [0, 0.05) is 17.9 Å². The van der Waals surface area contributed by atoms with Crippen molar-refractivity contribution in [2.45, 2.75) is 45.6 Å². The Morgan fingerprint density at radius 3 is 2.44 bits per heavy atom. The number of hydrogen-bond acceptors (Lipinski definition) is 4. The number of nitrogens with one attached hydrogen (secondary N) is 1. The summed E-state index contributed by atoms with van der Waals surface area (Å²) in [7, 11) is 0. The minimum atomic E-state index is -0.0545. The van der Waals surface area contributed by atoms with Gasteiger partial charge in [0.2, 0.25) is 5.95 Å². The number of aromatic nitrogens is 2. The molecule has 0 saturated carbocycles. The van der Waals surface area contributed by atoms with Crippen molar-refractivity contribution in [1.82, 2.24) is 9.97 Å². The van der Waals surface area contributed by atoms with Crippen molar-refractivity contribution in [2.75, 3.05) is 11.9 Å². The first-order chi connectivity index (χ1) is 7.57. The lowest BCUT2D eigenvalue weighted by Gasteiger charge is -2.25. The van der Waals surface area contributed by atoms with E-state index in [9.17, 15) is 0 Å². The molecule has 0 radical (unpaired) electrons. The molecule has 0 atom stereocenters. The SMILES string of the molecule is CCCc1cnc(NC(C)(C)CCN)nc1. The molecule has 0 unspecified atom stereocenters. The summed E-state index contributed by atoms with van der Waals surface area (Å²) in [6, 6.07) is 0. The highest BCUT2D eigenvalue weighted by Gasteiger charge is 2.17. The van der Waals surface area contributed by atoms with Crippen molar-refractivity contribution in [3.8, 4) is 0 Å². The van der Waals surface area contributed by atoms with Crippen molar-refractivity contribution >= 4 is 5.95 Å². The van der Waals surface area contributed by atoms with Crippen LogP contribution >= 0.6 is 0 Å². The van der Waals surface area contributed by atoms with Gasteiger partial charge in [-0.05, 0) is 38.8 Å². The van der Waals surface area contributed by atoms with Crippen LogP contribution < -0.4 is 11.1 Å². The Kier molecular flexibility index (Phi) is 4.68. The summed E-state index contributed by atoms with van der Waals surface area (Å²) in [5.41, 5.74) is 6.68. The highest BCUT2D eigenvalue weighted by Crippen LogP contribution is 2.14. The van der Waals surface area contributed by atoms with Crippen molar-refractivity contribution in [3.05, 3.63) is 18.0 Å². The van der Waals surface area contributed by atoms with Gasteiger partial charge >= 0.3 is 0 Å². The normalized spacial score (nSPS) is 11.5. The summed E-state index contributed by atoms with van der Waals surface area (Å²) in [5.74, 6) is 0.679. The number of anilines is 1. The maximum Gasteiger partial charge on any atom is 0.223 e.